The molecular formula is C10H12N4. The van der Waals surface area contributed by atoms with Crippen molar-refractivity contribution >= 4 is 17.5 Å². The van der Waals surface area contributed by atoms with Crippen LogP contribution in [0.3, 0.4) is 0 Å². The summed E-state index contributed by atoms with van der Waals surface area (Å²) in [6, 6.07) is 1.93. The molecule has 0 unspecified atom stereocenters. The molecule has 2 aromatic rings. The SMILES string of the molecule is CC=Nc1cc(C)nn2cc(C)nc12. The molecule has 4 heteroatoms. The maximum atomic E-state index is 4.36. The lowest BCUT2D eigenvalue weighted by molar-refractivity contribution is 0.900. The van der Waals surface area contributed by atoms with Crippen molar-refractivity contribution in [2.75, 3.05) is 0 Å². The fourth-order valence-corrected chi connectivity index (χ4v) is 1.43. The molecule has 0 saturated heterocycles. The molecule has 4 nitrogen and oxygen atoms in total. The van der Waals surface area contributed by atoms with Crippen molar-refractivity contribution in [2.24, 2.45) is 4.99 Å². The summed E-state index contributed by atoms with van der Waals surface area (Å²) in [4.78, 5) is 8.62. The van der Waals surface area contributed by atoms with Gasteiger partial charge < -0.3 is 0 Å². The van der Waals surface area contributed by atoms with E-state index in [2.05, 4.69) is 15.1 Å². The third-order valence-electron chi connectivity index (χ3n) is 1.92. The van der Waals surface area contributed by atoms with Gasteiger partial charge in [-0.25, -0.2) is 9.50 Å². The number of aromatic nitrogens is 3. The zero-order valence-corrected chi connectivity index (χ0v) is 8.52. The predicted octanol–water partition coefficient (Wildman–Crippen LogP) is 2.07. The Bertz CT molecular complexity index is 496. The third-order valence-corrected chi connectivity index (χ3v) is 1.92. The summed E-state index contributed by atoms with van der Waals surface area (Å²) in [5, 5.41) is 4.32. The first kappa shape index (κ1) is 8.87. The van der Waals surface area contributed by atoms with Gasteiger partial charge in [0.1, 0.15) is 5.69 Å². The van der Waals surface area contributed by atoms with Gasteiger partial charge in [0, 0.05) is 6.21 Å². The van der Waals surface area contributed by atoms with Gasteiger partial charge in [0.2, 0.25) is 0 Å². The Hall–Kier alpha value is -1.71. The molecule has 0 N–H and O–H groups in total. The quantitative estimate of drug-likeness (QED) is 0.643. The van der Waals surface area contributed by atoms with E-state index in [1.807, 2.05) is 33.0 Å². The fraction of sp³-hybridized carbons (Fsp3) is 0.300. The van der Waals surface area contributed by atoms with Gasteiger partial charge in [-0.05, 0) is 26.8 Å². The zero-order chi connectivity index (χ0) is 10.1. The van der Waals surface area contributed by atoms with E-state index in [0.717, 1.165) is 22.7 Å². The van der Waals surface area contributed by atoms with Crippen LogP contribution >= 0.6 is 0 Å². The number of hydrogen-bond acceptors (Lipinski definition) is 3. The molecule has 0 fully saturated rings. The van der Waals surface area contributed by atoms with E-state index in [0.29, 0.717) is 0 Å². The smallest absolute Gasteiger partial charge is 0.179 e. The summed E-state index contributed by atoms with van der Waals surface area (Å²) in [7, 11) is 0. The van der Waals surface area contributed by atoms with Gasteiger partial charge >= 0.3 is 0 Å². The lowest BCUT2D eigenvalue weighted by Crippen LogP contribution is -1.92. The second-order valence-electron chi connectivity index (χ2n) is 3.21. The number of fused-ring (bicyclic) bond motifs is 1. The van der Waals surface area contributed by atoms with E-state index in [-0.39, 0.29) is 0 Å². The van der Waals surface area contributed by atoms with E-state index in [1.165, 1.54) is 0 Å². The highest BCUT2D eigenvalue weighted by Crippen LogP contribution is 2.19. The maximum Gasteiger partial charge on any atom is 0.179 e. The molecule has 0 radical (unpaired) electrons. The summed E-state index contributed by atoms with van der Waals surface area (Å²) in [5.74, 6) is 0. The molecule has 0 saturated carbocycles. The number of imidazole rings is 1. The molecule has 0 spiro atoms. The second kappa shape index (κ2) is 3.21. The molecule has 0 aromatic carbocycles. The minimum Gasteiger partial charge on any atom is -0.257 e. The van der Waals surface area contributed by atoms with Crippen molar-refractivity contribution in [3.05, 3.63) is 23.7 Å². The van der Waals surface area contributed by atoms with Crippen LogP contribution in [0.1, 0.15) is 18.3 Å². The van der Waals surface area contributed by atoms with Gasteiger partial charge in [-0.15, -0.1) is 0 Å². The Labute approximate surface area is 82.3 Å². The van der Waals surface area contributed by atoms with Crippen molar-refractivity contribution in [3.63, 3.8) is 0 Å². The first-order chi connectivity index (χ1) is 6.70. The maximum absolute atomic E-state index is 4.36. The van der Waals surface area contributed by atoms with E-state index in [4.69, 9.17) is 0 Å². The molecule has 0 atom stereocenters. The first-order valence-electron chi connectivity index (χ1n) is 4.53. The lowest BCUT2D eigenvalue weighted by Gasteiger charge is -1.98. The van der Waals surface area contributed by atoms with Crippen LogP contribution in [0.4, 0.5) is 5.69 Å². The largest absolute Gasteiger partial charge is 0.257 e. The normalized spacial score (nSPS) is 11.6. The van der Waals surface area contributed by atoms with Crippen LogP contribution in [-0.2, 0) is 0 Å². The Morgan fingerprint density at radius 2 is 2.14 bits per heavy atom. The van der Waals surface area contributed by atoms with Crippen LogP contribution in [0.5, 0.6) is 0 Å². The summed E-state index contributed by atoms with van der Waals surface area (Å²) < 4.78 is 1.77. The van der Waals surface area contributed by atoms with E-state index in [9.17, 15) is 0 Å². The average Bonchev–Trinajstić information content (AvgIpc) is 2.45. The molecule has 0 aliphatic rings. The molecular weight excluding hydrogens is 176 g/mol. The summed E-state index contributed by atoms with van der Waals surface area (Å²) in [5.41, 5.74) is 3.57. The Balaban J connectivity index is 2.78. The standard InChI is InChI=1S/C10H12N4/c1-4-11-9-5-7(2)13-14-6-8(3)12-10(9)14/h4-6H,1-3H3. The van der Waals surface area contributed by atoms with Crippen molar-refractivity contribution in [1.82, 2.24) is 14.6 Å². The number of aliphatic imine (C=N–C) groups is 1. The van der Waals surface area contributed by atoms with Crippen LogP contribution in [-0.4, -0.2) is 20.8 Å². The van der Waals surface area contributed by atoms with Gasteiger partial charge in [-0.1, -0.05) is 0 Å². The summed E-state index contributed by atoms with van der Waals surface area (Å²) >= 11 is 0. The second-order valence-corrected chi connectivity index (χ2v) is 3.21. The molecule has 0 amide bonds. The van der Waals surface area contributed by atoms with Crippen LogP contribution in [0.2, 0.25) is 0 Å². The van der Waals surface area contributed by atoms with E-state index >= 15 is 0 Å². The third kappa shape index (κ3) is 1.39. The van der Waals surface area contributed by atoms with Crippen molar-refractivity contribution in [3.8, 4) is 0 Å². The van der Waals surface area contributed by atoms with Gasteiger partial charge in [0.25, 0.3) is 0 Å². The number of aryl methyl sites for hydroxylation is 2. The highest BCUT2D eigenvalue weighted by atomic mass is 15.3. The minimum absolute atomic E-state index is 0.811. The van der Waals surface area contributed by atoms with Crippen LogP contribution in [0.15, 0.2) is 17.3 Å². The zero-order valence-electron chi connectivity index (χ0n) is 8.52. The summed E-state index contributed by atoms with van der Waals surface area (Å²) in [6.07, 6.45) is 3.66. The number of rotatable bonds is 1. The molecule has 72 valence electrons. The minimum atomic E-state index is 0.811. The Morgan fingerprint density at radius 1 is 1.36 bits per heavy atom. The van der Waals surface area contributed by atoms with Gasteiger partial charge in [0.15, 0.2) is 5.65 Å². The molecule has 2 heterocycles. The van der Waals surface area contributed by atoms with E-state index < -0.39 is 0 Å². The monoisotopic (exact) mass is 188 g/mol. The van der Waals surface area contributed by atoms with Gasteiger partial charge in [-0.3, -0.25) is 4.99 Å². The van der Waals surface area contributed by atoms with Crippen molar-refractivity contribution in [2.45, 2.75) is 20.8 Å². The van der Waals surface area contributed by atoms with Crippen LogP contribution < -0.4 is 0 Å². The fourth-order valence-electron chi connectivity index (χ4n) is 1.43. The molecule has 2 aromatic heterocycles. The summed E-state index contributed by atoms with van der Waals surface area (Å²) in [6.45, 7) is 5.79. The molecule has 14 heavy (non-hydrogen) atoms. The highest BCUT2D eigenvalue weighted by molar-refractivity contribution is 5.70. The van der Waals surface area contributed by atoms with Crippen molar-refractivity contribution in [1.29, 1.82) is 0 Å². The first-order valence-corrected chi connectivity index (χ1v) is 4.53. The van der Waals surface area contributed by atoms with Crippen LogP contribution in [0, 0.1) is 13.8 Å². The Kier molecular flexibility index (Phi) is 2.04. The number of nitrogens with zero attached hydrogens (tertiary/aromatic N) is 4. The predicted molar refractivity (Wildman–Crippen MR) is 56.3 cm³/mol. The number of hydrogen-bond donors (Lipinski definition) is 0. The molecule has 0 aliphatic carbocycles. The van der Waals surface area contributed by atoms with Gasteiger partial charge in [-0.2, -0.15) is 5.10 Å². The van der Waals surface area contributed by atoms with E-state index in [1.54, 1.807) is 10.7 Å². The van der Waals surface area contributed by atoms with Gasteiger partial charge in [0.05, 0.1) is 17.6 Å². The average molecular weight is 188 g/mol. The lowest BCUT2D eigenvalue weighted by atomic mass is 10.4. The molecule has 0 bridgehead atoms. The molecule has 2 rings (SSSR count). The highest BCUT2D eigenvalue weighted by Gasteiger charge is 2.04. The topological polar surface area (TPSA) is 42.5 Å². The van der Waals surface area contributed by atoms with Crippen molar-refractivity contribution < 1.29 is 0 Å². The molecule has 0 aliphatic heterocycles. The van der Waals surface area contributed by atoms with Crippen LogP contribution in [0.25, 0.3) is 5.65 Å². The Morgan fingerprint density at radius 3 is 2.86 bits per heavy atom.